The summed E-state index contributed by atoms with van der Waals surface area (Å²) in [6.07, 6.45) is 0. The van der Waals surface area contributed by atoms with E-state index < -0.39 is 15.5 Å². The van der Waals surface area contributed by atoms with Crippen molar-refractivity contribution in [1.82, 2.24) is 4.72 Å². The van der Waals surface area contributed by atoms with E-state index in [9.17, 15) is 13.6 Å². The zero-order valence-corrected chi connectivity index (χ0v) is 10.7. The van der Waals surface area contributed by atoms with Crippen LogP contribution in [0.4, 0.5) is 5.69 Å². The minimum atomic E-state index is -3.89. The Morgan fingerprint density at radius 2 is 2.05 bits per heavy atom. The monoisotopic (exact) mass is 290 g/mol. The quantitative estimate of drug-likeness (QED) is 0.576. The van der Waals surface area contributed by atoms with Crippen LogP contribution in [-0.4, -0.2) is 33.4 Å². The molecule has 1 saturated heterocycles. The number of rotatable bonds is 6. The lowest BCUT2D eigenvalue weighted by atomic mass is 10.1. The van der Waals surface area contributed by atoms with Crippen LogP contribution < -0.4 is 14.1 Å². The lowest BCUT2D eigenvalue weighted by Gasteiger charge is -2.25. The number of hydrogen-bond donors (Lipinski definition) is 3. The van der Waals surface area contributed by atoms with Crippen molar-refractivity contribution in [3.8, 4) is 5.75 Å². The summed E-state index contributed by atoms with van der Waals surface area (Å²) in [5.74, 6) is 0.232. The molecule has 9 heteroatoms. The highest BCUT2D eigenvalue weighted by Gasteiger charge is 2.21. The zero-order chi connectivity index (χ0) is 13.9. The average molecular weight is 290 g/mol. The number of benzene rings is 1. The molecule has 1 unspecified atom stereocenters. The third-order valence-corrected chi connectivity index (χ3v) is 3.50. The van der Waals surface area contributed by atoms with E-state index in [-0.39, 0.29) is 23.9 Å². The first-order chi connectivity index (χ1) is 8.96. The van der Waals surface area contributed by atoms with Crippen LogP contribution in [-0.2, 0) is 15.0 Å². The van der Waals surface area contributed by atoms with Gasteiger partial charge in [-0.25, -0.2) is 5.21 Å². The molecule has 1 aromatic carbocycles. The van der Waals surface area contributed by atoms with E-state index in [2.05, 4.69) is 4.72 Å². The van der Waals surface area contributed by atoms with Crippen molar-refractivity contribution in [2.24, 2.45) is 5.92 Å². The van der Waals surface area contributed by atoms with Gasteiger partial charge in [-0.2, -0.15) is 18.4 Å². The van der Waals surface area contributed by atoms with Gasteiger partial charge < -0.3 is 14.1 Å². The Kier molecular flexibility index (Phi) is 4.34. The molecule has 1 fully saturated rings. The summed E-state index contributed by atoms with van der Waals surface area (Å²) in [5.41, 5.74) is 0.0596. The summed E-state index contributed by atoms with van der Waals surface area (Å²) in [7, 11) is -3.89. The highest BCUT2D eigenvalue weighted by atomic mass is 32.2. The lowest BCUT2D eigenvalue weighted by molar-refractivity contribution is -0.991. The summed E-state index contributed by atoms with van der Waals surface area (Å²) in [6, 6.07) is 5.12. The van der Waals surface area contributed by atoms with E-state index >= 15 is 0 Å². The Morgan fingerprint density at radius 3 is 2.53 bits per heavy atom. The summed E-state index contributed by atoms with van der Waals surface area (Å²) < 4.78 is 35.2. The van der Waals surface area contributed by atoms with E-state index in [0.29, 0.717) is 13.2 Å². The molecule has 0 radical (unpaired) electrons. The first-order valence-corrected chi connectivity index (χ1v) is 6.97. The molecular weight excluding hydrogens is 276 g/mol. The Balaban J connectivity index is 1.91. The van der Waals surface area contributed by atoms with Gasteiger partial charge in [-0.1, -0.05) is 0 Å². The van der Waals surface area contributed by atoms with Crippen LogP contribution in [0.3, 0.4) is 0 Å². The van der Waals surface area contributed by atoms with Gasteiger partial charge in [-0.15, -0.1) is 0 Å². The van der Waals surface area contributed by atoms with E-state index in [1.807, 2.05) is 0 Å². The Bertz CT molecular complexity index is 511. The van der Waals surface area contributed by atoms with Crippen molar-refractivity contribution in [1.29, 1.82) is 0 Å². The van der Waals surface area contributed by atoms with E-state index in [0.717, 1.165) is 0 Å². The van der Waals surface area contributed by atoms with Crippen molar-refractivity contribution in [3.63, 3.8) is 0 Å². The Hall–Kier alpha value is -1.23. The topological polar surface area (TPSA) is 112 Å². The normalized spacial score (nSPS) is 17.8. The second kappa shape index (κ2) is 5.82. The molecule has 1 heterocycles. The standard InChI is InChI=1S/C10H14N2O6S/c13-12(14)9-1-3-10(4-2-9)18-19(15,16)11-5-8-6-17-7-8/h1-4,8,11-13H,5-7H2. The first kappa shape index (κ1) is 14.2. The molecule has 0 saturated carbocycles. The smallest absolute Gasteiger partial charge is 0.382 e. The lowest BCUT2D eigenvalue weighted by Crippen LogP contribution is -2.99. The fourth-order valence-electron chi connectivity index (χ4n) is 1.43. The molecule has 1 aliphatic heterocycles. The Morgan fingerprint density at radius 1 is 1.42 bits per heavy atom. The van der Waals surface area contributed by atoms with Crippen molar-refractivity contribution in [2.75, 3.05) is 19.8 Å². The molecule has 0 aromatic heterocycles. The molecule has 1 aliphatic rings. The zero-order valence-electron chi connectivity index (χ0n) is 9.90. The number of hydrogen-bond acceptors (Lipinski definition) is 6. The molecule has 3 N–H and O–H groups in total. The molecule has 0 spiro atoms. The van der Waals surface area contributed by atoms with Gasteiger partial charge in [0.1, 0.15) is 5.75 Å². The predicted molar refractivity (Wildman–Crippen MR) is 64.1 cm³/mol. The van der Waals surface area contributed by atoms with Crippen molar-refractivity contribution in [3.05, 3.63) is 29.5 Å². The van der Waals surface area contributed by atoms with Crippen LogP contribution in [0, 0.1) is 11.1 Å². The maximum atomic E-state index is 11.6. The molecule has 19 heavy (non-hydrogen) atoms. The fourth-order valence-corrected chi connectivity index (χ4v) is 2.29. The minimum absolute atomic E-state index is 0.0577. The van der Waals surface area contributed by atoms with Crippen molar-refractivity contribution in [2.45, 2.75) is 0 Å². The molecule has 2 rings (SSSR count). The second-order valence-corrected chi connectivity index (χ2v) is 5.48. The van der Waals surface area contributed by atoms with Gasteiger partial charge >= 0.3 is 10.3 Å². The van der Waals surface area contributed by atoms with Crippen LogP contribution in [0.25, 0.3) is 0 Å². The highest BCUT2D eigenvalue weighted by Crippen LogP contribution is 2.15. The van der Waals surface area contributed by atoms with Crippen LogP contribution in [0.5, 0.6) is 5.75 Å². The summed E-state index contributed by atoms with van der Waals surface area (Å²) in [5, 5.41) is 18.2. The molecule has 0 aliphatic carbocycles. The van der Waals surface area contributed by atoms with Gasteiger partial charge in [-0.05, 0) is 12.1 Å². The molecular formula is C10H14N2O6S. The van der Waals surface area contributed by atoms with E-state index in [4.69, 9.17) is 14.1 Å². The van der Waals surface area contributed by atoms with Gasteiger partial charge in [0, 0.05) is 24.6 Å². The first-order valence-electron chi connectivity index (χ1n) is 5.56. The van der Waals surface area contributed by atoms with Gasteiger partial charge in [0.25, 0.3) is 0 Å². The van der Waals surface area contributed by atoms with E-state index in [1.165, 1.54) is 24.3 Å². The average Bonchev–Trinajstić information content (AvgIpc) is 2.26. The van der Waals surface area contributed by atoms with Crippen LogP contribution >= 0.6 is 0 Å². The van der Waals surface area contributed by atoms with E-state index in [1.54, 1.807) is 0 Å². The molecule has 106 valence electrons. The minimum Gasteiger partial charge on any atom is -0.595 e. The van der Waals surface area contributed by atoms with Gasteiger partial charge in [-0.3, -0.25) is 0 Å². The largest absolute Gasteiger partial charge is 0.595 e. The van der Waals surface area contributed by atoms with Crippen molar-refractivity contribution >= 4 is 16.0 Å². The third kappa shape index (κ3) is 4.13. The SMILES string of the molecule is O=S(=O)(NCC1COC1)Oc1ccc([NH+]([O-])O)cc1. The summed E-state index contributed by atoms with van der Waals surface area (Å²) in [6.45, 7) is 1.33. The fraction of sp³-hybridized carbons (Fsp3) is 0.400. The van der Waals surface area contributed by atoms with Gasteiger partial charge in [0.2, 0.25) is 0 Å². The highest BCUT2D eigenvalue weighted by molar-refractivity contribution is 7.85. The molecule has 1 atom stereocenters. The number of quaternary nitrogens is 1. The second-order valence-electron chi connectivity index (χ2n) is 4.12. The van der Waals surface area contributed by atoms with Crippen molar-refractivity contribution < 1.29 is 27.8 Å². The van der Waals surface area contributed by atoms with Crippen LogP contribution in [0.2, 0.25) is 0 Å². The van der Waals surface area contributed by atoms with Gasteiger partial charge in [0.05, 0.1) is 13.2 Å². The Labute approximate surface area is 110 Å². The molecule has 8 nitrogen and oxygen atoms in total. The van der Waals surface area contributed by atoms with Gasteiger partial charge in [0.15, 0.2) is 5.69 Å². The summed E-state index contributed by atoms with van der Waals surface area (Å²) in [4.78, 5) is 0. The summed E-state index contributed by atoms with van der Waals surface area (Å²) >= 11 is 0. The number of nitrogens with one attached hydrogen (secondary N) is 2. The molecule has 0 amide bonds. The van der Waals surface area contributed by atoms with Crippen LogP contribution in [0.1, 0.15) is 0 Å². The third-order valence-electron chi connectivity index (χ3n) is 2.56. The molecule has 0 bridgehead atoms. The maximum absolute atomic E-state index is 11.6. The predicted octanol–water partition coefficient (Wildman–Crippen LogP) is -1.05. The molecule has 1 aromatic rings. The van der Waals surface area contributed by atoms with Crippen LogP contribution in [0.15, 0.2) is 24.3 Å². The number of ether oxygens (including phenoxy) is 1. The maximum Gasteiger partial charge on any atom is 0.382 e.